The van der Waals surface area contributed by atoms with Crippen LogP contribution < -0.4 is 4.72 Å². The molecule has 0 aromatic heterocycles. The second kappa shape index (κ2) is 6.37. The monoisotopic (exact) mass is 304 g/mol. The van der Waals surface area contributed by atoms with E-state index in [0.29, 0.717) is 6.42 Å². The molecule has 2 aromatic carbocycles. The first-order valence-electron chi connectivity index (χ1n) is 6.24. The van der Waals surface area contributed by atoms with E-state index in [1.807, 2.05) is 30.3 Å². The third-order valence-electron chi connectivity index (χ3n) is 2.86. The van der Waals surface area contributed by atoms with Crippen molar-refractivity contribution in [2.75, 3.05) is 10.5 Å². The number of nitriles is 1. The van der Waals surface area contributed by atoms with E-state index in [4.69, 9.17) is 5.26 Å². The molecule has 0 aliphatic heterocycles. The van der Waals surface area contributed by atoms with Crippen LogP contribution in [0.1, 0.15) is 11.1 Å². The van der Waals surface area contributed by atoms with Gasteiger partial charge in [-0.25, -0.2) is 12.8 Å². The average molecular weight is 304 g/mol. The Hall–Kier alpha value is -2.39. The number of benzene rings is 2. The van der Waals surface area contributed by atoms with E-state index in [9.17, 15) is 12.8 Å². The van der Waals surface area contributed by atoms with E-state index < -0.39 is 15.8 Å². The zero-order valence-corrected chi connectivity index (χ0v) is 11.9. The van der Waals surface area contributed by atoms with Crippen LogP contribution in [0.5, 0.6) is 0 Å². The topological polar surface area (TPSA) is 70.0 Å². The molecule has 4 nitrogen and oxygen atoms in total. The number of anilines is 1. The molecule has 6 heteroatoms. The molecule has 0 atom stereocenters. The number of aryl methyl sites for hydroxylation is 1. The smallest absolute Gasteiger partial charge is 0.233 e. The number of sulfonamides is 1. The molecule has 21 heavy (non-hydrogen) atoms. The number of hydrogen-bond acceptors (Lipinski definition) is 3. The molecule has 1 N–H and O–H groups in total. The zero-order chi connectivity index (χ0) is 15.3. The second-order valence-electron chi connectivity index (χ2n) is 4.46. The molecule has 0 unspecified atom stereocenters. The summed E-state index contributed by atoms with van der Waals surface area (Å²) in [5.41, 5.74) is 0.902. The van der Waals surface area contributed by atoms with Crippen molar-refractivity contribution in [1.29, 1.82) is 5.26 Å². The molecular formula is C15H13FN2O2S. The maximum atomic E-state index is 13.2. The Morgan fingerprint density at radius 2 is 1.86 bits per heavy atom. The Balaban J connectivity index is 2.06. The van der Waals surface area contributed by atoms with Gasteiger partial charge < -0.3 is 0 Å². The summed E-state index contributed by atoms with van der Waals surface area (Å²) < 4.78 is 39.5. The molecule has 0 saturated heterocycles. The lowest BCUT2D eigenvalue weighted by Crippen LogP contribution is -2.18. The van der Waals surface area contributed by atoms with Crippen molar-refractivity contribution in [1.82, 2.24) is 0 Å². The maximum Gasteiger partial charge on any atom is 0.233 e. The average Bonchev–Trinajstić information content (AvgIpc) is 2.48. The van der Waals surface area contributed by atoms with Gasteiger partial charge in [0.05, 0.1) is 11.3 Å². The van der Waals surface area contributed by atoms with Crippen molar-refractivity contribution in [3.63, 3.8) is 0 Å². The molecule has 2 rings (SSSR count). The van der Waals surface area contributed by atoms with E-state index in [0.717, 1.165) is 11.6 Å². The van der Waals surface area contributed by atoms with E-state index in [1.165, 1.54) is 12.1 Å². The van der Waals surface area contributed by atoms with Gasteiger partial charge in [-0.05, 0) is 30.2 Å². The van der Waals surface area contributed by atoms with Gasteiger partial charge in [0, 0.05) is 5.69 Å². The molecule has 0 radical (unpaired) electrons. The largest absolute Gasteiger partial charge is 0.283 e. The van der Waals surface area contributed by atoms with Crippen molar-refractivity contribution in [3.05, 3.63) is 65.5 Å². The molecule has 0 spiro atoms. The SMILES string of the molecule is N#Cc1cc(NS(=O)(=O)CCc2ccccc2)ccc1F. The summed E-state index contributed by atoms with van der Waals surface area (Å²) in [6, 6.07) is 14.4. The van der Waals surface area contributed by atoms with Crippen molar-refractivity contribution < 1.29 is 12.8 Å². The number of halogens is 1. The van der Waals surface area contributed by atoms with Crippen LogP contribution in [-0.4, -0.2) is 14.2 Å². The lowest BCUT2D eigenvalue weighted by atomic mass is 10.2. The van der Waals surface area contributed by atoms with Crippen LogP contribution in [0.4, 0.5) is 10.1 Å². The summed E-state index contributed by atoms with van der Waals surface area (Å²) in [7, 11) is -3.55. The van der Waals surface area contributed by atoms with E-state index >= 15 is 0 Å². The maximum absolute atomic E-state index is 13.2. The normalized spacial score (nSPS) is 10.9. The zero-order valence-electron chi connectivity index (χ0n) is 11.1. The number of nitrogens with one attached hydrogen (secondary N) is 1. The lowest BCUT2D eigenvalue weighted by Gasteiger charge is -2.08. The lowest BCUT2D eigenvalue weighted by molar-refractivity contribution is 0.600. The highest BCUT2D eigenvalue weighted by molar-refractivity contribution is 7.92. The van der Waals surface area contributed by atoms with Crippen LogP contribution in [0.2, 0.25) is 0 Å². The molecule has 0 fully saturated rings. The molecule has 108 valence electrons. The molecule has 0 aliphatic rings. The third kappa shape index (κ3) is 4.29. The minimum absolute atomic E-state index is 0.0870. The quantitative estimate of drug-likeness (QED) is 0.923. The molecule has 0 heterocycles. The summed E-state index contributed by atoms with van der Waals surface area (Å²) in [5, 5.41) is 8.73. The molecule has 0 amide bonds. The minimum atomic E-state index is -3.55. The molecule has 0 aliphatic carbocycles. The molecule has 2 aromatic rings. The fraction of sp³-hybridized carbons (Fsp3) is 0.133. The Labute approximate surface area is 122 Å². The Morgan fingerprint density at radius 3 is 2.52 bits per heavy atom. The first-order chi connectivity index (χ1) is 10.00. The second-order valence-corrected chi connectivity index (χ2v) is 6.30. The van der Waals surface area contributed by atoms with Gasteiger partial charge in [-0.2, -0.15) is 5.26 Å². The highest BCUT2D eigenvalue weighted by Gasteiger charge is 2.12. The Bertz CT molecular complexity index is 768. The van der Waals surface area contributed by atoms with Crippen LogP contribution in [0.15, 0.2) is 48.5 Å². The van der Waals surface area contributed by atoms with Gasteiger partial charge in [-0.1, -0.05) is 30.3 Å². The summed E-state index contributed by atoms with van der Waals surface area (Å²) in [6.45, 7) is 0. The van der Waals surface area contributed by atoms with Gasteiger partial charge in [0.15, 0.2) is 0 Å². The highest BCUT2D eigenvalue weighted by atomic mass is 32.2. The first-order valence-corrected chi connectivity index (χ1v) is 7.89. The minimum Gasteiger partial charge on any atom is -0.283 e. The van der Waals surface area contributed by atoms with E-state index in [1.54, 1.807) is 6.07 Å². The Morgan fingerprint density at radius 1 is 1.14 bits per heavy atom. The predicted octanol–water partition coefficient (Wildman–Crippen LogP) is 2.68. The van der Waals surface area contributed by atoms with Gasteiger partial charge in [0.25, 0.3) is 0 Å². The van der Waals surface area contributed by atoms with Gasteiger partial charge in [-0.3, -0.25) is 4.72 Å². The first kappa shape index (κ1) is 15.0. The van der Waals surface area contributed by atoms with Crippen LogP contribution in [0.3, 0.4) is 0 Å². The van der Waals surface area contributed by atoms with Crippen LogP contribution in [0.25, 0.3) is 0 Å². The third-order valence-corrected chi connectivity index (χ3v) is 4.15. The summed E-state index contributed by atoms with van der Waals surface area (Å²) in [5.74, 6) is -0.763. The molecule has 0 saturated carbocycles. The van der Waals surface area contributed by atoms with Crippen LogP contribution in [-0.2, 0) is 16.4 Å². The van der Waals surface area contributed by atoms with Crippen LogP contribution in [0, 0.1) is 17.1 Å². The van der Waals surface area contributed by atoms with Gasteiger partial charge >= 0.3 is 0 Å². The fourth-order valence-electron chi connectivity index (χ4n) is 1.80. The van der Waals surface area contributed by atoms with Crippen molar-refractivity contribution in [2.45, 2.75) is 6.42 Å². The summed E-state index contributed by atoms with van der Waals surface area (Å²) in [6.07, 6.45) is 0.377. The van der Waals surface area contributed by atoms with Gasteiger partial charge in [-0.15, -0.1) is 0 Å². The van der Waals surface area contributed by atoms with Crippen molar-refractivity contribution in [3.8, 4) is 6.07 Å². The molecular weight excluding hydrogens is 291 g/mol. The number of hydrogen-bond donors (Lipinski definition) is 1. The van der Waals surface area contributed by atoms with Crippen molar-refractivity contribution >= 4 is 15.7 Å². The van der Waals surface area contributed by atoms with E-state index in [-0.39, 0.29) is 17.0 Å². The highest BCUT2D eigenvalue weighted by Crippen LogP contribution is 2.15. The standard InChI is InChI=1S/C15H13FN2O2S/c16-15-7-6-14(10-13(15)11-17)18-21(19,20)9-8-12-4-2-1-3-5-12/h1-7,10,18H,8-9H2. The number of nitrogens with zero attached hydrogens (tertiary/aromatic N) is 1. The van der Waals surface area contributed by atoms with Crippen molar-refractivity contribution in [2.24, 2.45) is 0 Å². The van der Waals surface area contributed by atoms with E-state index in [2.05, 4.69) is 4.72 Å². The van der Waals surface area contributed by atoms with Gasteiger partial charge in [0.2, 0.25) is 10.0 Å². The predicted molar refractivity (Wildman–Crippen MR) is 78.7 cm³/mol. The molecule has 0 bridgehead atoms. The Kier molecular flexibility index (Phi) is 4.55. The summed E-state index contributed by atoms with van der Waals surface area (Å²) in [4.78, 5) is 0. The number of rotatable bonds is 5. The van der Waals surface area contributed by atoms with Gasteiger partial charge in [0.1, 0.15) is 11.9 Å². The van der Waals surface area contributed by atoms with Crippen LogP contribution >= 0.6 is 0 Å². The summed E-state index contributed by atoms with van der Waals surface area (Å²) >= 11 is 0. The fourth-order valence-corrected chi connectivity index (χ4v) is 2.89.